The molecule has 0 bridgehead atoms. The van der Waals surface area contributed by atoms with Crippen LogP contribution in [0.15, 0.2) is 33.3 Å². The summed E-state index contributed by atoms with van der Waals surface area (Å²) in [6.07, 6.45) is 2.17. The Labute approximate surface area is 135 Å². The van der Waals surface area contributed by atoms with E-state index >= 15 is 0 Å². The van der Waals surface area contributed by atoms with E-state index in [0.29, 0.717) is 11.1 Å². The molecule has 0 saturated heterocycles. The Morgan fingerprint density at radius 3 is 2.23 bits per heavy atom. The molecule has 1 atom stereocenters. The van der Waals surface area contributed by atoms with E-state index in [0.717, 1.165) is 11.1 Å². The maximum absolute atomic E-state index is 12.4. The van der Waals surface area contributed by atoms with E-state index in [-0.39, 0.29) is 10.2 Å². The zero-order valence-electron chi connectivity index (χ0n) is 14.2. The Kier molecular flexibility index (Phi) is 2.95. The number of ether oxygens (including phenoxy) is 1. The lowest BCUT2D eigenvalue weighted by molar-refractivity contribution is -0.151. The van der Waals surface area contributed by atoms with Gasteiger partial charge in [0.05, 0.1) is 15.9 Å². The molecule has 22 heavy (non-hydrogen) atoms. The molecule has 0 aromatic rings. The molecular weight excluding hydrogens is 296 g/mol. The van der Waals surface area contributed by atoms with Crippen molar-refractivity contribution in [2.24, 2.45) is 10.8 Å². The summed E-state index contributed by atoms with van der Waals surface area (Å²) < 4.78 is 4.73. The van der Waals surface area contributed by atoms with Gasteiger partial charge in [-0.2, -0.15) is 0 Å². The van der Waals surface area contributed by atoms with Crippen molar-refractivity contribution in [3.05, 3.63) is 33.3 Å². The highest BCUT2D eigenvalue weighted by Crippen LogP contribution is 2.64. The van der Waals surface area contributed by atoms with Crippen LogP contribution in [-0.2, 0) is 14.3 Å². The van der Waals surface area contributed by atoms with E-state index in [1.54, 1.807) is 11.8 Å². The number of fused-ring (bicyclic) bond motifs is 1. The summed E-state index contributed by atoms with van der Waals surface area (Å²) in [6, 6.07) is 0. The third kappa shape index (κ3) is 1.70. The number of thioether (sulfide) groups is 1. The van der Waals surface area contributed by atoms with Crippen LogP contribution in [0.25, 0.3) is 0 Å². The van der Waals surface area contributed by atoms with Crippen molar-refractivity contribution in [1.29, 1.82) is 0 Å². The number of carbonyl (C=O) groups is 2. The highest BCUT2D eigenvalue weighted by molar-refractivity contribution is 8.04. The fourth-order valence-electron chi connectivity index (χ4n) is 3.86. The van der Waals surface area contributed by atoms with Crippen molar-refractivity contribution in [3.63, 3.8) is 0 Å². The predicted molar refractivity (Wildman–Crippen MR) is 88.1 cm³/mol. The molecule has 0 amide bonds. The molecule has 2 aliphatic heterocycles. The molecule has 1 aliphatic carbocycles. The zero-order valence-corrected chi connectivity index (χ0v) is 15.0. The molecule has 0 saturated carbocycles. The molecule has 3 nitrogen and oxygen atoms in total. The highest BCUT2D eigenvalue weighted by Gasteiger charge is 2.60. The third-order valence-corrected chi connectivity index (χ3v) is 6.74. The van der Waals surface area contributed by atoms with Crippen LogP contribution < -0.4 is 0 Å². The Hall–Kier alpha value is -1.29. The molecule has 0 radical (unpaired) electrons. The van der Waals surface area contributed by atoms with Gasteiger partial charge in [-0.1, -0.05) is 34.6 Å². The minimum Gasteiger partial charge on any atom is -0.386 e. The smallest absolute Gasteiger partial charge is 0.346 e. The first-order chi connectivity index (χ1) is 9.91. The Morgan fingerprint density at radius 2 is 1.68 bits per heavy atom. The van der Waals surface area contributed by atoms with Gasteiger partial charge in [0.1, 0.15) is 0 Å². The van der Waals surface area contributed by atoms with Crippen LogP contribution in [0.1, 0.15) is 48.5 Å². The molecule has 3 aliphatic rings. The lowest BCUT2D eigenvalue weighted by atomic mass is 9.60. The average Bonchev–Trinajstić information content (AvgIpc) is 2.77. The zero-order chi connectivity index (χ0) is 16.7. The minimum atomic E-state index is -0.490. The largest absolute Gasteiger partial charge is 0.386 e. The maximum Gasteiger partial charge on any atom is 0.346 e. The normalized spacial score (nSPS) is 30.4. The van der Waals surface area contributed by atoms with E-state index in [9.17, 15) is 9.59 Å². The number of cyclic esters (lactones) is 2. The minimum absolute atomic E-state index is 0.237. The summed E-state index contributed by atoms with van der Waals surface area (Å²) in [6.45, 7) is 14.6. The van der Waals surface area contributed by atoms with Crippen molar-refractivity contribution in [1.82, 2.24) is 0 Å². The number of hydrogen-bond acceptors (Lipinski definition) is 4. The number of esters is 2. The summed E-state index contributed by atoms with van der Waals surface area (Å²) in [5.74, 6) is -0.965. The number of rotatable bonds is 0. The second-order valence-electron chi connectivity index (χ2n) is 7.98. The number of allylic oxidation sites excluding steroid dienone is 2. The van der Waals surface area contributed by atoms with E-state index in [1.165, 1.54) is 4.91 Å². The van der Waals surface area contributed by atoms with Crippen molar-refractivity contribution in [3.8, 4) is 0 Å². The highest BCUT2D eigenvalue weighted by atomic mass is 32.2. The molecule has 2 heterocycles. The first kappa shape index (κ1) is 15.6. The maximum atomic E-state index is 12.4. The molecule has 118 valence electrons. The van der Waals surface area contributed by atoms with Crippen LogP contribution in [0, 0.1) is 10.8 Å². The van der Waals surface area contributed by atoms with E-state index < -0.39 is 17.4 Å². The molecule has 3 rings (SSSR count). The van der Waals surface area contributed by atoms with Gasteiger partial charge in [0.25, 0.3) is 0 Å². The predicted octanol–water partition coefficient (Wildman–Crippen LogP) is 4.16. The van der Waals surface area contributed by atoms with Gasteiger partial charge in [0.15, 0.2) is 0 Å². The van der Waals surface area contributed by atoms with E-state index in [1.807, 2.05) is 13.8 Å². The van der Waals surface area contributed by atoms with E-state index in [4.69, 9.17) is 4.74 Å². The van der Waals surface area contributed by atoms with Crippen LogP contribution in [0.3, 0.4) is 0 Å². The number of hydrogen-bond donors (Lipinski definition) is 0. The lowest BCUT2D eigenvalue weighted by Crippen LogP contribution is -2.46. The van der Waals surface area contributed by atoms with Crippen molar-refractivity contribution < 1.29 is 14.3 Å². The quantitative estimate of drug-likeness (QED) is 0.497. The number of carbonyl (C=O) groups excluding carboxylic acids is 2. The molecule has 0 N–H and O–H groups in total. The topological polar surface area (TPSA) is 43.4 Å². The van der Waals surface area contributed by atoms with Gasteiger partial charge in [-0.25, -0.2) is 9.59 Å². The summed E-state index contributed by atoms with van der Waals surface area (Å²) >= 11 is 1.78. The first-order valence-corrected chi connectivity index (χ1v) is 8.37. The van der Waals surface area contributed by atoms with Gasteiger partial charge in [-0.05, 0) is 41.4 Å². The second kappa shape index (κ2) is 4.16. The molecular formula is C18H22O3S. The Balaban J connectivity index is 2.45. The van der Waals surface area contributed by atoms with E-state index in [2.05, 4.69) is 40.7 Å². The molecule has 0 fully saturated rings. The monoisotopic (exact) mass is 318 g/mol. The van der Waals surface area contributed by atoms with Gasteiger partial charge >= 0.3 is 11.9 Å². The van der Waals surface area contributed by atoms with Crippen molar-refractivity contribution >= 4 is 23.7 Å². The Bertz CT molecular complexity index is 713. The summed E-state index contributed by atoms with van der Waals surface area (Å²) in [7, 11) is 0. The van der Waals surface area contributed by atoms with Gasteiger partial charge in [-0.15, -0.1) is 11.8 Å². The summed E-state index contributed by atoms with van der Waals surface area (Å²) in [5, 5.41) is 0. The third-order valence-electron chi connectivity index (χ3n) is 5.16. The second-order valence-corrected chi connectivity index (χ2v) is 9.65. The summed E-state index contributed by atoms with van der Waals surface area (Å²) in [5.41, 5.74) is 2.47. The molecule has 0 spiro atoms. The molecule has 0 unspecified atom stereocenters. The molecule has 4 heteroatoms. The van der Waals surface area contributed by atoms with Crippen LogP contribution in [0.2, 0.25) is 0 Å². The fourth-order valence-corrected chi connectivity index (χ4v) is 5.31. The Morgan fingerprint density at radius 1 is 1.09 bits per heavy atom. The lowest BCUT2D eigenvalue weighted by Gasteiger charge is -2.47. The van der Waals surface area contributed by atoms with Gasteiger partial charge in [-0.3, -0.25) is 0 Å². The van der Waals surface area contributed by atoms with Crippen LogP contribution in [0.5, 0.6) is 0 Å². The fraction of sp³-hybridized carbons (Fsp3) is 0.556. The van der Waals surface area contributed by atoms with Crippen molar-refractivity contribution in [2.75, 3.05) is 0 Å². The molecule has 0 aromatic carbocycles. The van der Waals surface area contributed by atoms with Crippen LogP contribution in [0.4, 0.5) is 0 Å². The van der Waals surface area contributed by atoms with Crippen molar-refractivity contribution in [2.45, 2.75) is 53.2 Å². The average molecular weight is 318 g/mol. The van der Waals surface area contributed by atoms with Crippen LogP contribution in [-0.4, -0.2) is 16.7 Å². The van der Waals surface area contributed by atoms with Crippen LogP contribution >= 0.6 is 11.8 Å². The van der Waals surface area contributed by atoms with Gasteiger partial charge < -0.3 is 4.74 Å². The molecule has 0 aromatic heterocycles. The standard InChI is InChI=1S/C18H22O3S/c1-9-8-10-12(16(2,3)4)11-13(15(20)21-14(11)19)17(5,6)18(10,7)22-9/h8H,1-7H3/t18-/m1/s1. The van der Waals surface area contributed by atoms with Gasteiger partial charge in [0.2, 0.25) is 0 Å². The SMILES string of the molecule is CC1=CC2=C(C(C)(C)C)C3=C(C(=O)OC3=O)C(C)(C)[C@]2(C)S1. The summed E-state index contributed by atoms with van der Waals surface area (Å²) in [4.78, 5) is 26.0. The van der Waals surface area contributed by atoms with Gasteiger partial charge in [0, 0.05) is 5.41 Å². The first-order valence-electron chi connectivity index (χ1n) is 7.55.